The first-order valence-corrected chi connectivity index (χ1v) is 13.5. The lowest BCUT2D eigenvalue weighted by molar-refractivity contribution is -0.228. The quantitative estimate of drug-likeness (QED) is 0.209. The molecule has 0 fully saturated rings. The maximum atomic E-state index is 15.5. The number of ether oxygens (including phenoxy) is 2. The van der Waals surface area contributed by atoms with E-state index >= 15 is 26.3 Å². The zero-order valence-electron chi connectivity index (χ0n) is 21.8. The maximum absolute atomic E-state index is 15.5. The van der Waals surface area contributed by atoms with Crippen LogP contribution in [0.1, 0.15) is 88.3 Å². The third-order valence-corrected chi connectivity index (χ3v) is 7.45. The number of hydrogen-bond acceptors (Lipinski definition) is 2. The monoisotopic (exact) mass is 540 g/mol. The van der Waals surface area contributed by atoms with Crippen molar-refractivity contribution >= 4 is 0 Å². The fraction of sp³-hybridized carbons (Fsp3) is 0.533. The zero-order chi connectivity index (χ0) is 27.5. The Bertz CT molecular complexity index is 1170. The lowest BCUT2D eigenvalue weighted by atomic mass is 9.78. The first kappa shape index (κ1) is 28.4. The number of benzene rings is 2. The van der Waals surface area contributed by atoms with E-state index in [0.29, 0.717) is 12.8 Å². The lowest BCUT2D eigenvalue weighted by Gasteiger charge is -2.36. The Morgan fingerprint density at radius 1 is 0.842 bits per heavy atom. The molecule has 0 radical (unpaired) electrons. The first-order chi connectivity index (χ1) is 18.1. The Morgan fingerprint density at radius 2 is 1.50 bits per heavy atom. The highest BCUT2D eigenvalue weighted by Gasteiger charge is 2.65. The van der Waals surface area contributed by atoms with E-state index in [2.05, 4.69) is 6.92 Å². The predicted molar refractivity (Wildman–Crippen MR) is 135 cm³/mol. The number of halogens is 6. The van der Waals surface area contributed by atoms with Gasteiger partial charge in [0.15, 0.2) is 11.6 Å². The second-order valence-electron chi connectivity index (χ2n) is 10.2. The molecule has 208 valence electrons. The van der Waals surface area contributed by atoms with Crippen LogP contribution in [0.5, 0.6) is 5.75 Å². The molecule has 0 N–H and O–H groups in total. The van der Waals surface area contributed by atoms with Gasteiger partial charge in [-0.25, -0.2) is 8.78 Å². The highest BCUT2D eigenvalue weighted by molar-refractivity contribution is 5.77. The van der Waals surface area contributed by atoms with Gasteiger partial charge in [0.1, 0.15) is 5.82 Å². The molecule has 2 aromatic carbocycles. The second kappa shape index (κ2) is 11.6. The predicted octanol–water partition coefficient (Wildman–Crippen LogP) is 9.58. The van der Waals surface area contributed by atoms with Gasteiger partial charge in [0.2, 0.25) is 0 Å². The molecule has 0 saturated carbocycles. The second-order valence-corrected chi connectivity index (χ2v) is 10.2. The number of unbranched alkanes of at least 4 members (excludes halogenated alkanes) is 3. The van der Waals surface area contributed by atoms with E-state index in [1.165, 1.54) is 17.7 Å². The minimum absolute atomic E-state index is 0.0515. The maximum Gasteiger partial charge on any atom is 0.343 e. The van der Waals surface area contributed by atoms with Crippen LogP contribution in [-0.4, -0.2) is 12.7 Å². The summed E-state index contributed by atoms with van der Waals surface area (Å²) in [7, 11) is 0. The van der Waals surface area contributed by atoms with Crippen molar-refractivity contribution < 1.29 is 35.8 Å². The summed E-state index contributed by atoms with van der Waals surface area (Å²) in [6.07, 6.45) is 9.14. The SMILES string of the molecule is CCCCCC1=COC(CCc2ccc3c(c2F)C(F)(F)C(F)(F)c2c-3ccc(OCCCC)c2F)CC1. The van der Waals surface area contributed by atoms with E-state index in [-0.39, 0.29) is 24.7 Å². The highest BCUT2D eigenvalue weighted by atomic mass is 19.3. The molecule has 2 aromatic rings. The van der Waals surface area contributed by atoms with Crippen molar-refractivity contribution in [1.29, 1.82) is 0 Å². The van der Waals surface area contributed by atoms with Gasteiger partial charge >= 0.3 is 11.8 Å². The third kappa shape index (κ3) is 5.28. The molecule has 0 saturated heterocycles. The van der Waals surface area contributed by atoms with Gasteiger partial charge in [-0.3, -0.25) is 0 Å². The molecule has 1 atom stereocenters. The number of rotatable bonds is 11. The average Bonchev–Trinajstić information content (AvgIpc) is 2.88. The Hall–Kier alpha value is -2.64. The van der Waals surface area contributed by atoms with Crippen molar-refractivity contribution in [2.45, 2.75) is 96.0 Å². The third-order valence-electron chi connectivity index (χ3n) is 7.45. The number of alkyl halides is 4. The van der Waals surface area contributed by atoms with Crippen LogP contribution in [0, 0.1) is 11.6 Å². The summed E-state index contributed by atoms with van der Waals surface area (Å²) in [4.78, 5) is 0. The minimum atomic E-state index is -4.96. The van der Waals surface area contributed by atoms with Gasteiger partial charge in [-0.05, 0) is 79.3 Å². The zero-order valence-corrected chi connectivity index (χ0v) is 21.8. The van der Waals surface area contributed by atoms with Crippen molar-refractivity contribution in [1.82, 2.24) is 0 Å². The van der Waals surface area contributed by atoms with Gasteiger partial charge in [0.05, 0.1) is 30.1 Å². The Balaban J connectivity index is 1.58. The van der Waals surface area contributed by atoms with Crippen LogP contribution in [0.15, 0.2) is 36.1 Å². The summed E-state index contributed by atoms with van der Waals surface area (Å²) in [5.41, 5.74) is -2.63. The summed E-state index contributed by atoms with van der Waals surface area (Å²) in [6.45, 7) is 4.06. The molecule has 2 nitrogen and oxygen atoms in total. The van der Waals surface area contributed by atoms with Crippen molar-refractivity contribution in [3.05, 3.63) is 64.4 Å². The Kier molecular flexibility index (Phi) is 8.68. The molecule has 1 aliphatic heterocycles. The van der Waals surface area contributed by atoms with Crippen LogP contribution in [0.25, 0.3) is 11.1 Å². The number of fused-ring (bicyclic) bond motifs is 3. The van der Waals surface area contributed by atoms with Crippen LogP contribution < -0.4 is 4.74 Å². The summed E-state index contributed by atoms with van der Waals surface area (Å²) in [5, 5.41) is 0. The molecule has 0 amide bonds. The smallest absolute Gasteiger partial charge is 0.343 e. The summed E-state index contributed by atoms with van der Waals surface area (Å²) >= 11 is 0. The molecule has 0 aromatic heterocycles. The van der Waals surface area contributed by atoms with Crippen LogP contribution in [0.3, 0.4) is 0 Å². The van der Waals surface area contributed by atoms with Crippen LogP contribution >= 0.6 is 0 Å². The largest absolute Gasteiger partial charge is 0.498 e. The molecular formula is C30H34F6O2. The van der Waals surface area contributed by atoms with Gasteiger partial charge in [0.25, 0.3) is 0 Å². The first-order valence-electron chi connectivity index (χ1n) is 13.5. The molecule has 8 heteroatoms. The highest BCUT2D eigenvalue weighted by Crippen LogP contribution is 2.60. The molecular weight excluding hydrogens is 506 g/mol. The van der Waals surface area contributed by atoms with E-state index < -0.39 is 51.5 Å². The van der Waals surface area contributed by atoms with Crippen molar-refractivity contribution in [3.8, 4) is 16.9 Å². The topological polar surface area (TPSA) is 18.5 Å². The van der Waals surface area contributed by atoms with Crippen LogP contribution in [0.4, 0.5) is 26.3 Å². The van der Waals surface area contributed by atoms with Gasteiger partial charge < -0.3 is 9.47 Å². The number of hydrogen-bond donors (Lipinski definition) is 0. The van der Waals surface area contributed by atoms with E-state index in [4.69, 9.17) is 9.47 Å². The molecule has 38 heavy (non-hydrogen) atoms. The molecule has 0 spiro atoms. The fourth-order valence-corrected chi connectivity index (χ4v) is 5.16. The fourth-order valence-electron chi connectivity index (χ4n) is 5.16. The van der Waals surface area contributed by atoms with Gasteiger partial charge in [-0.15, -0.1) is 0 Å². The summed E-state index contributed by atoms with van der Waals surface area (Å²) < 4.78 is 102. The van der Waals surface area contributed by atoms with E-state index in [9.17, 15) is 0 Å². The van der Waals surface area contributed by atoms with E-state index in [1.54, 1.807) is 6.26 Å². The number of allylic oxidation sites excluding steroid dienone is 1. The normalized spacial score (nSPS) is 19.3. The molecule has 2 aliphatic rings. The molecule has 1 unspecified atom stereocenters. The van der Waals surface area contributed by atoms with Gasteiger partial charge in [0, 0.05) is 0 Å². The van der Waals surface area contributed by atoms with Crippen molar-refractivity contribution in [3.63, 3.8) is 0 Å². The summed E-state index contributed by atoms with van der Waals surface area (Å²) in [6, 6.07) is 4.72. The molecule has 0 bridgehead atoms. The molecule has 1 aliphatic carbocycles. The van der Waals surface area contributed by atoms with E-state index in [1.807, 2.05) is 6.92 Å². The Labute approximate surface area is 220 Å². The lowest BCUT2D eigenvalue weighted by Crippen LogP contribution is -2.41. The molecule has 4 rings (SSSR count). The van der Waals surface area contributed by atoms with Gasteiger partial charge in [-0.2, -0.15) is 17.6 Å². The average molecular weight is 541 g/mol. The van der Waals surface area contributed by atoms with Gasteiger partial charge in [-0.1, -0.05) is 45.2 Å². The van der Waals surface area contributed by atoms with Crippen molar-refractivity contribution in [2.24, 2.45) is 0 Å². The minimum Gasteiger partial charge on any atom is -0.498 e. The van der Waals surface area contributed by atoms with Crippen molar-refractivity contribution in [2.75, 3.05) is 6.61 Å². The van der Waals surface area contributed by atoms with E-state index in [0.717, 1.165) is 57.1 Å². The summed E-state index contributed by atoms with van der Waals surface area (Å²) in [5.74, 6) is -13.4. The number of aryl methyl sites for hydroxylation is 1. The molecule has 1 heterocycles. The standard InChI is InChI=1S/C30H34F6O2/c1-3-5-7-8-19-9-12-21(38-18-19)13-10-20-11-14-22-23-15-16-24(37-17-6-4-2)28(32)26(23)30(35,36)29(33,34)25(22)27(20)31/h11,14-16,18,21H,3-10,12-13,17H2,1-2H3. The van der Waals surface area contributed by atoms with Crippen LogP contribution in [0.2, 0.25) is 0 Å². The Morgan fingerprint density at radius 3 is 2.13 bits per heavy atom. The van der Waals surface area contributed by atoms with Crippen LogP contribution in [-0.2, 0) is 23.0 Å².